The minimum absolute atomic E-state index is 0.817. The van der Waals surface area contributed by atoms with Gasteiger partial charge in [-0.3, -0.25) is 0 Å². The highest BCUT2D eigenvalue weighted by molar-refractivity contribution is 9.10. The van der Waals surface area contributed by atoms with Crippen molar-refractivity contribution in [2.75, 3.05) is 5.73 Å². The van der Waals surface area contributed by atoms with E-state index in [0.717, 1.165) is 15.9 Å². The first-order valence-electron chi connectivity index (χ1n) is 4.97. The zero-order valence-electron chi connectivity index (χ0n) is 8.69. The third-order valence-electron chi connectivity index (χ3n) is 2.20. The van der Waals surface area contributed by atoms with Crippen molar-refractivity contribution in [3.8, 4) is 0 Å². The van der Waals surface area contributed by atoms with Gasteiger partial charge in [0.15, 0.2) is 0 Å². The molecule has 0 heterocycles. The van der Waals surface area contributed by atoms with E-state index in [4.69, 9.17) is 5.73 Å². The maximum absolute atomic E-state index is 5.64. The van der Waals surface area contributed by atoms with Crippen LogP contribution in [0.5, 0.6) is 0 Å². The number of nitrogens with two attached hydrogens (primary N) is 1. The molecule has 2 aromatic rings. The Kier molecular flexibility index (Phi) is 3.91. The van der Waals surface area contributed by atoms with E-state index in [-0.39, 0.29) is 0 Å². The monoisotopic (exact) mass is 293 g/mol. The zero-order chi connectivity index (χ0) is 11.4. The van der Waals surface area contributed by atoms with Gasteiger partial charge in [0.2, 0.25) is 0 Å². The van der Waals surface area contributed by atoms with Crippen LogP contribution in [-0.4, -0.2) is 0 Å². The Labute approximate surface area is 108 Å². The Hall–Kier alpha value is -0.930. The van der Waals surface area contributed by atoms with E-state index in [1.54, 1.807) is 0 Å². The third kappa shape index (κ3) is 3.29. The first-order chi connectivity index (χ1) is 7.74. The lowest BCUT2D eigenvalue weighted by molar-refractivity contribution is 1.38. The van der Waals surface area contributed by atoms with Crippen molar-refractivity contribution >= 4 is 33.4 Å². The van der Waals surface area contributed by atoms with Crippen LogP contribution in [0.3, 0.4) is 0 Å². The number of nitrogen functional groups attached to an aromatic ring is 1. The first-order valence-corrected chi connectivity index (χ1v) is 6.75. The number of anilines is 1. The topological polar surface area (TPSA) is 26.0 Å². The van der Waals surface area contributed by atoms with Crippen LogP contribution in [0.15, 0.2) is 57.9 Å². The fourth-order valence-corrected chi connectivity index (χ4v) is 2.43. The second kappa shape index (κ2) is 5.41. The van der Waals surface area contributed by atoms with Crippen molar-refractivity contribution in [1.29, 1.82) is 0 Å². The lowest BCUT2D eigenvalue weighted by Crippen LogP contribution is -1.85. The molecule has 2 rings (SSSR count). The smallest absolute Gasteiger partial charge is 0.0314 e. The number of rotatable bonds is 3. The summed E-state index contributed by atoms with van der Waals surface area (Å²) >= 11 is 5.25. The molecule has 16 heavy (non-hydrogen) atoms. The molecule has 0 aromatic heterocycles. The van der Waals surface area contributed by atoms with Crippen LogP contribution in [0.2, 0.25) is 0 Å². The minimum Gasteiger partial charge on any atom is -0.399 e. The maximum atomic E-state index is 5.64. The molecule has 0 saturated heterocycles. The Morgan fingerprint density at radius 3 is 2.19 bits per heavy atom. The van der Waals surface area contributed by atoms with Crippen LogP contribution in [0.1, 0.15) is 5.56 Å². The summed E-state index contributed by atoms with van der Waals surface area (Å²) in [6, 6.07) is 16.4. The summed E-state index contributed by atoms with van der Waals surface area (Å²) in [6.07, 6.45) is 0. The fraction of sp³-hybridized carbons (Fsp3) is 0.0769. The predicted octanol–water partition coefficient (Wildman–Crippen LogP) is 4.32. The van der Waals surface area contributed by atoms with E-state index < -0.39 is 0 Å². The Morgan fingerprint density at radius 2 is 1.56 bits per heavy atom. The second-order valence-electron chi connectivity index (χ2n) is 3.48. The van der Waals surface area contributed by atoms with E-state index in [1.807, 2.05) is 23.9 Å². The molecule has 0 amide bonds. The summed E-state index contributed by atoms with van der Waals surface area (Å²) in [5.74, 6) is 0.974. The SMILES string of the molecule is Nc1ccc(CSc2ccc(Br)cc2)cc1. The van der Waals surface area contributed by atoms with Crippen LogP contribution in [0, 0.1) is 0 Å². The van der Waals surface area contributed by atoms with Gasteiger partial charge in [-0.2, -0.15) is 0 Å². The Bertz CT molecular complexity index is 405. The summed E-state index contributed by atoms with van der Waals surface area (Å²) in [4.78, 5) is 1.28. The van der Waals surface area contributed by atoms with E-state index in [1.165, 1.54) is 10.5 Å². The fourth-order valence-electron chi connectivity index (χ4n) is 1.31. The first kappa shape index (κ1) is 11.6. The molecule has 0 fully saturated rings. The largest absolute Gasteiger partial charge is 0.399 e. The second-order valence-corrected chi connectivity index (χ2v) is 5.45. The van der Waals surface area contributed by atoms with E-state index in [2.05, 4.69) is 52.3 Å². The van der Waals surface area contributed by atoms with Crippen molar-refractivity contribution in [3.05, 3.63) is 58.6 Å². The summed E-state index contributed by atoms with van der Waals surface area (Å²) in [5.41, 5.74) is 7.75. The quantitative estimate of drug-likeness (QED) is 0.674. The average molecular weight is 294 g/mol. The van der Waals surface area contributed by atoms with Crippen molar-refractivity contribution in [2.24, 2.45) is 0 Å². The predicted molar refractivity (Wildman–Crippen MR) is 74.6 cm³/mol. The van der Waals surface area contributed by atoms with E-state index in [0.29, 0.717) is 0 Å². The molecule has 3 heteroatoms. The van der Waals surface area contributed by atoms with Gasteiger partial charge in [-0.15, -0.1) is 11.8 Å². The number of thioether (sulfide) groups is 1. The van der Waals surface area contributed by atoms with Crippen molar-refractivity contribution < 1.29 is 0 Å². The van der Waals surface area contributed by atoms with Crippen LogP contribution in [0.4, 0.5) is 5.69 Å². The third-order valence-corrected chi connectivity index (χ3v) is 3.81. The van der Waals surface area contributed by atoms with Crippen LogP contribution in [0.25, 0.3) is 0 Å². The van der Waals surface area contributed by atoms with Crippen LogP contribution < -0.4 is 5.73 Å². The highest BCUT2D eigenvalue weighted by Gasteiger charge is 1.96. The standard InChI is InChI=1S/C13H12BrNS/c14-11-3-7-13(8-4-11)16-9-10-1-5-12(15)6-2-10/h1-8H,9,15H2. The molecule has 82 valence electrons. The van der Waals surface area contributed by atoms with Gasteiger partial charge in [0, 0.05) is 20.8 Å². The van der Waals surface area contributed by atoms with Gasteiger partial charge in [0.1, 0.15) is 0 Å². The van der Waals surface area contributed by atoms with Gasteiger partial charge in [0.25, 0.3) is 0 Å². The van der Waals surface area contributed by atoms with Crippen LogP contribution in [-0.2, 0) is 5.75 Å². The van der Waals surface area contributed by atoms with Crippen molar-refractivity contribution in [1.82, 2.24) is 0 Å². The average Bonchev–Trinajstić information content (AvgIpc) is 2.30. The summed E-state index contributed by atoms with van der Waals surface area (Å²) < 4.78 is 1.12. The molecule has 0 saturated carbocycles. The van der Waals surface area contributed by atoms with Crippen LogP contribution >= 0.6 is 27.7 Å². The van der Waals surface area contributed by atoms with Gasteiger partial charge in [-0.05, 0) is 42.0 Å². The molecule has 2 N–H and O–H groups in total. The lowest BCUT2D eigenvalue weighted by Gasteiger charge is -2.02. The highest BCUT2D eigenvalue weighted by atomic mass is 79.9. The number of hydrogen-bond acceptors (Lipinski definition) is 2. The van der Waals surface area contributed by atoms with Gasteiger partial charge in [0.05, 0.1) is 0 Å². The van der Waals surface area contributed by atoms with Gasteiger partial charge < -0.3 is 5.73 Å². The highest BCUT2D eigenvalue weighted by Crippen LogP contribution is 2.24. The summed E-state index contributed by atoms with van der Waals surface area (Å²) in [5, 5.41) is 0. The summed E-state index contributed by atoms with van der Waals surface area (Å²) in [7, 11) is 0. The van der Waals surface area contributed by atoms with Gasteiger partial charge >= 0.3 is 0 Å². The van der Waals surface area contributed by atoms with E-state index >= 15 is 0 Å². The number of hydrogen-bond donors (Lipinski definition) is 1. The van der Waals surface area contributed by atoms with Gasteiger partial charge in [-0.25, -0.2) is 0 Å². The van der Waals surface area contributed by atoms with Crippen molar-refractivity contribution in [3.63, 3.8) is 0 Å². The maximum Gasteiger partial charge on any atom is 0.0314 e. The van der Waals surface area contributed by atoms with Gasteiger partial charge in [-0.1, -0.05) is 28.1 Å². The molecule has 0 aliphatic carbocycles. The van der Waals surface area contributed by atoms with E-state index in [9.17, 15) is 0 Å². The molecule has 0 spiro atoms. The van der Waals surface area contributed by atoms with Crippen molar-refractivity contribution in [2.45, 2.75) is 10.6 Å². The molecule has 1 nitrogen and oxygen atoms in total. The molecule has 2 aromatic carbocycles. The number of halogens is 1. The molecule has 0 atom stereocenters. The minimum atomic E-state index is 0.817. The Balaban J connectivity index is 1.97. The molecular formula is C13H12BrNS. The molecule has 0 aliphatic heterocycles. The summed E-state index contributed by atoms with van der Waals surface area (Å²) in [6.45, 7) is 0. The zero-order valence-corrected chi connectivity index (χ0v) is 11.1. The molecule has 0 aliphatic rings. The Morgan fingerprint density at radius 1 is 0.938 bits per heavy atom. The molecule has 0 bridgehead atoms. The molecular weight excluding hydrogens is 282 g/mol. The lowest BCUT2D eigenvalue weighted by atomic mass is 10.2. The number of benzene rings is 2. The molecule has 0 radical (unpaired) electrons. The molecule has 0 unspecified atom stereocenters. The normalized spacial score (nSPS) is 10.3.